The molecule has 6 rings (SSSR count). The first-order chi connectivity index (χ1) is 22.8. The van der Waals surface area contributed by atoms with Crippen molar-refractivity contribution in [2.45, 2.75) is 43.7 Å². The van der Waals surface area contributed by atoms with Crippen molar-refractivity contribution in [2.75, 3.05) is 57.1 Å². The number of ether oxygens (including phenoxy) is 2. The number of carbonyl (C=O) groups is 1. The predicted octanol–water partition coefficient (Wildman–Crippen LogP) is 4.81. The summed E-state index contributed by atoms with van der Waals surface area (Å²) in [5.74, 6) is -3.22. The summed E-state index contributed by atoms with van der Waals surface area (Å²) in [4.78, 5) is 26.5. The summed E-state index contributed by atoms with van der Waals surface area (Å²) in [6.07, 6.45) is -5.84. The van der Waals surface area contributed by atoms with Crippen LogP contribution >= 0.6 is 0 Å². The molecule has 3 aliphatic heterocycles. The summed E-state index contributed by atoms with van der Waals surface area (Å²) >= 11 is 0. The van der Waals surface area contributed by atoms with Crippen LogP contribution in [-0.4, -0.2) is 90.4 Å². The molecule has 48 heavy (non-hydrogen) atoms. The van der Waals surface area contributed by atoms with Gasteiger partial charge in [-0.15, -0.1) is 0 Å². The number of hydrogen-bond acceptors (Lipinski definition) is 9. The van der Waals surface area contributed by atoms with Gasteiger partial charge in [-0.25, -0.2) is 13.2 Å². The van der Waals surface area contributed by atoms with Gasteiger partial charge in [-0.3, -0.25) is 9.69 Å². The molecule has 0 unspecified atom stereocenters. The van der Waals surface area contributed by atoms with E-state index in [2.05, 4.69) is 16.5 Å². The van der Waals surface area contributed by atoms with Crippen molar-refractivity contribution in [1.82, 2.24) is 19.8 Å². The predicted molar refractivity (Wildman–Crippen MR) is 163 cm³/mol. The summed E-state index contributed by atoms with van der Waals surface area (Å²) in [7, 11) is 1.75. The van der Waals surface area contributed by atoms with Crippen LogP contribution in [0.2, 0.25) is 0 Å². The second-order valence-electron chi connectivity index (χ2n) is 12.1. The molecule has 2 saturated heterocycles. The third kappa shape index (κ3) is 6.14. The fourth-order valence-corrected chi connectivity index (χ4v) is 6.72. The number of aromatic nitrogens is 2. The number of fused-ring (bicyclic) bond motifs is 3. The van der Waals surface area contributed by atoms with Gasteiger partial charge in [-0.05, 0) is 42.8 Å². The zero-order chi connectivity index (χ0) is 34.5. The SMILES string of the molecule is C=C(F)C(=O)N1CCN(c2nc(OC[C@@H]3C[C@@H](F)CN3C)nc3cc(-c4cc(N)cc(F)c4C(F)(F)F)c4c(c23)OCC4)C[C@@H]1CC#N. The van der Waals surface area contributed by atoms with Gasteiger partial charge in [-0.1, -0.05) is 6.58 Å². The van der Waals surface area contributed by atoms with Crippen LogP contribution in [0.1, 0.15) is 24.0 Å². The topological polar surface area (TPSA) is 121 Å². The van der Waals surface area contributed by atoms with Gasteiger partial charge in [0.15, 0.2) is 5.83 Å². The van der Waals surface area contributed by atoms with Gasteiger partial charge in [0, 0.05) is 49.9 Å². The number of nitrogens with zero attached hydrogens (tertiary/aromatic N) is 6. The van der Waals surface area contributed by atoms with Gasteiger partial charge in [0.05, 0.1) is 41.6 Å². The zero-order valence-corrected chi connectivity index (χ0v) is 25.8. The number of piperazine rings is 1. The van der Waals surface area contributed by atoms with E-state index in [0.717, 1.165) is 6.07 Å². The van der Waals surface area contributed by atoms with Crippen molar-refractivity contribution in [2.24, 2.45) is 0 Å². The summed E-state index contributed by atoms with van der Waals surface area (Å²) in [5.41, 5.74) is 4.11. The maximum absolute atomic E-state index is 14.9. The Morgan fingerprint density at radius 3 is 2.62 bits per heavy atom. The number of nitrogens with two attached hydrogens (primary N) is 1. The molecule has 0 bridgehead atoms. The standard InChI is InChI=1S/C32H31F6N7O3/c1-16(33)30(46)45-7-6-44(14-19(45)3-5-39)29-26-25(41-31(42-29)48-15-20-9-17(34)13-43(20)2)12-22(21-4-8-47-28(21)26)23-10-18(40)11-24(35)27(23)32(36,37)38/h10-12,17,19-20H,1,3-4,6-9,13-15,40H2,2H3/t17-,19+,20+/m1/s1. The van der Waals surface area contributed by atoms with E-state index in [-0.39, 0.29) is 99.0 Å². The molecule has 3 aromatic rings. The summed E-state index contributed by atoms with van der Waals surface area (Å²) in [6, 6.07) is 3.83. The zero-order valence-electron chi connectivity index (χ0n) is 25.8. The molecule has 1 aromatic heterocycles. The maximum atomic E-state index is 14.9. The third-order valence-corrected chi connectivity index (χ3v) is 8.93. The first-order valence-corrected chi connectivity index (χ1v) is 15.2. The fourth-order valence-electron chi connectivity index (χ4n) is 6.72. The molecule has 4 heterocycles. The first kappa shape index (κ1) is 33.1. The van der Waals surface area contributed by atoms with Crippen molar-refractivity contribution in [3.05, 3.63) is 47.5 Å². The number of anilines is 2. The van der Waals surface area contributed by atoms with E-state index >= 15 is 0 Å². The smallest absolute Gasteiger partial charge is 0.419 e. The van der Waals surface area contributed by atoms with E-state index in [1.165, 1.54) is 11.0 Å². The van der Waals surface area contributed by atoms with E-state index in [1.54, 1.807) is 16.8 Å². The van der Waals surface area contributed by atoms with Crippen LogP contribution in [0.15, 0.2) is 30.6 Å². The van der Waals surface area contributed by atoms with Crippen LogP contribution < -0.4 is 20.1 Å². The molecule has 16 heteroatoms. The number of alkyl halides is 4. The Labute approximate surface area is 271 Å². The van der Waals surface area contributed by atoms with Crippen molar-refractivity contribution >= 4 is 28.3 Å². The molecular weight excluding hydrogens is 644 g/mol. The molecule has 0 radical (unpaired) electrons. The lowest BCUT2D eigenvalue weighted by molar-refractivity contribution is -0.139. The lowest BCUT2D eigenvalue weighted by Crippen LogP contribution is -2.55. The molecule has 2 N–H and O–H groups in total. The molecule has 2 aromatic carbocycles. The molecule has 3 aliphatic rings. The highest BCUT2D eigenvalue weighted by atomic mass is 19.4. The van der Waals surface area contributed by atoms with E-state index in [4.69, 9.17) is 15.2 Å². The van der Waals surface area contributed by atoms with Crippen molar-refractivity contribution in [3.8, 4) is 29.0 Å². The van der Waals surface area contributed by atoms with Crippen molar-refractivity contribution in [3.63, 3.8) is 0 Å². The molecule has 0 spiro atoms. The van der Waals surface area contributed by atoms with E-state index in [1.807, 2.05) is 6.07 Å². The Morgan fingerprint density at radius 1 is 1.19 bits per heavy atom. The number of likely N-dealkylation sites (N-methyl/N-ethyl adjacent to an activating group) is 1. The minimum Gasteiger partial charge on any atom is -0.492 e. The Balaban J connectivity index is 1.51. The molecule has 2 fully saturated rings. The number of carbonyl (C=O) groups excluding carboxylic acids is 1. The summed E-state index contributed by atoms with van der Waals surface area (Å²) in [6.45, 7) is 3.56. The van der Waals surface area contributed by atoms with Crippen LogP contribution in [0.4, 0.5) is 37.8 Å². The van der Waals surface area contributed by atoms with Crippen LogP contribution in [0.3, 0.4) is 0 Å². The Bertz CT molecular complexity index is 1830. The van der Waals surface area contributed by atoms with E-state index in [0.29, 0.717) is 17.0 Å². The Morgan fingerprint density at radius 2 is 1.96 bits per heavy atom. The van der Waals surface area contributed by atoms with Crippen LogP contribution in [0, 0.1) is 17.1 Å². The van der Waals surface area contributed by atoms with Gasteiger partial charge in [-0.2, -0.15) is 28.4 Å². The number of rotatable bonds is 7. The number of benzene rings is 2. The largest absolute Gasteiger partial charge is 0.492 e. The normalized spacial score (nSPS) is 21.2. The molecule has 254 valence electrons. The highest BCUT2D eigenvalue weighted by Gasteiger charge is 2.40. The minimum atomic E-state index is -5.06. The van der Waals surface area contributed by atoms with Gasteiger partial charge in [0.25, 0.3) is 5.91 Å². The number of hydrogen-bond donors (Lipinski definition) is 1. The minimum absolute atomic E-state index is 0.000787. The molecule has 3 atom stereocenters. The highest BCUT2D eigenvalue weighted by Crippen LogP contribution is 2.48. The maximum Gasteiger partial charge on any atom is 0.419 e. The number of nitrogen functional groups attached to an aromatic ring is 1. The lowest BCUT2D eigenvalue weighted by atomic mass is 9.91. The van der Waals surface area contributed by atoms with Gasteiger partial charge in [0.1, 0.15) is 30.2 Å². The fraction of sp³-hybridized carbons (Fsp3) is 0.438. The highest BCUT2D eigenvalue weighted by molar-refractivity contribution is 6.01. The second-order valence-corrected chi connectivity index (χ2v) is 12.1. The average molecular weight is 676 g/mol. The quantitative estimate of drug-likeness (QED) is 0.214. The monoisotopic (exact) mass is 675 g/mol. The Kier molecular flexibility index (Phi) is 8.75. The molecule has 0 aliphatic carbocycles. The number of amides is 1. The number of likely N-dealkylation sites (tertiary alicyclic amines) is 1. The molecule has 0 saturated carbocycles. The van der Waals surface area contributed by atoms with E-state index in [9.17, 15) is 36.4 Å². The van der Waals surface area contributed by atoms with Crippen molar-refractivity contribution < 1.29 is 40.6 Å². The van der Waals surface area contributed by atoms with Crippen molar-refractivity contribution in [1.29, 1.82) is 5.26 Å². The molecule has 10 nitrogen and oxygen atoms in total. The van der Waals surface area contributed by atoms with E-state index < -0.39 is 47.1 Å². The van der Waals surface area contributed by atoms with Gasteiger partial charge >= 0.3 is 12.2 Å². The third-order valence-electron chi connectivity index (χ3n) is 8.93. The van der Waals surface area contributed by atoms with Crippen LogP contribution in [-0.2, 0) is 17.4 Å². The first-order valence-electron chi connectivity index (χ1n) is 15.2. The van der Waals surface area contributed by atoms with Gasteiger partial charge < -0.3 is 25.0 Å². The summed E-state index contributed by atoms with van der Waals surface area (Å²) < 4.78 is 97.4. The van der Waals surface area contributed by atoms with Crippen LogP contribution in [0.25, 0.3) is 22.0 Å². The van der Waals surface area contributed by atoms with Gasteiger partial charge in [0.2, 0.25) is 0 Å². The second kappa shape index (κ2) is 12.7. The molecular formula is C32H31F6N7O3. The average Bonchev–Trinajstić information content (AvgIpc) is 3.63. The van der Waals surface area contributed by atoms with Crippen LogP contribution in [0.5, 0.6) is 11.8 Å². The molecule has 1 amide bonds. The number of nitriles is 1. The number of halogens is 6. The Hall–Kier alpha value is -4.78. The lowest BCUT2D eigenvalue weighted by Gasteiger charge is -2.41. The summed E-state index contributed by atoms with van der Waals surface area (Å²) in [5, 5.41) is 9.82.